The first kappa shape index (κ1) is 38.6. The fourth-order valence-corrected chi connectivity index (χ4v) is 3.39. The third kappa shape index (κ3) is 16.6. The lowest BCUT2D eigenvalue weighted by molar-refractivity contribution is -0.433. The summed E-state index contributed by atoms with van der Waals surface area (Å²) in [7, 11) is 0. The van der Waals surface area contributed by atoms with Gasteiger partial charge in [-0.1, -0.05) is 0 Å². The van der Waals surface area contributed by atoms with Crippen LogP contribution in [0.25, 0.3) is 0 Å². The summed E-state index contributed by atoms with van der Waals surface area (Å²) in [5.74, 6) is -5.88. The zero-order valence-corrected chi connectivity index (χ0v) is 23.8. The molecule has 0 saturated heterocycles. The highest BCUT2D eigenvalue weighted by molar-refractivity contribution is 5.76. The number of esters is 4. The SMILES string of the molecule is C[C@@](O)(CCO)CC(=O)OC(OC(=O)C[C@](C)(O)CCO)(OC(=O)C[C@](C)(O)CCO)OC(=O)C[C@](C)(O)CCO. The summed E-state index contributed by atoms with van der Waals surface area (Å²) >= 11 is 0. The molecule has 0 saturated carbocycles. The van der Waals surface area contributed by atoms with Gasteiger partial charge in [0.25, 0.3) is 0 Å². The maximum Gasteiger partial charge on any atom is 0.619 e. The van der Waals surface area contributed by atoms with Crippen molar-refractivity contribution in [1.82, 2.24) is 0 Å². The first-order valence-electron chi connectivity index (χ1n) is 12.9. The molecule has 0 aromatic heterocycles. The van der Waals surface area contributed by atoms with Gasteiger partial charge in [0.1, 0.15) is 0 Å². The second kappa shape index (κ2) is 16.3. The van der Waals surface area contributed by atoms with Crippen molar-refractivity contribution in [3.8, 4) is 0 Å². The highest BCUT2D eigenvalue weighted by atomic mass is 17.0. The Morgan fingerprint density at radius 1 is 0.439 bits per heavy atom. The summed E-state index contributed by atoms with van der Waals surface area (Å²) in [6.07, 6.45) is -8.58. The first-order chi connectivity index (χ1) is 18.6. The van der Waals surface area contributed by atoms with E-state index in [1.54, 1.807) is 0 Å². The Balaban J connectivity index is 6.55. The van der Waals surface area contributed by atoms with Crippen LogP contribution < -0.4 is 0 Å². The molecule has 240 valence electrons. The average Bonchev–Trinajstić information content (AvgIpc) is 2.70. The van der Waals surface area contributed by atoms with Crippen molar-refractivity contribution >= 4 is 23.9 Å². The van der Waals surface area contributed by atoms with Crippen molar-refractivity contribution < 1.29 is 79.0 Å². The largest absolute Gasteiger partial charge is 0.619 e. The van der Waals surface area contributed by atoms with Crippen molar-refractivity contribution in [2.24, 2.45) is 0 Å². The van der Waals surface area contributed by atoms with Crippen LogP contribution >= 0.6 is 0 Å². The minimum Gasteiger partial charge on any atom is -0.396 e. The smallest absolute Gasteiger partial charge is 0.396 e. The molecule has 16 nitrogen and oxygen atoms in total. The number of carbonyl (C=O) groups excluding carboxylic acids is 4. The summed E-state index contributed by atoms with van der Waals surface area (Å²) in [4.78, 5) is 51.1. The fraction of sp³-hybridized carbons (Fsp3) is 0.840. The maximum atomic E-state index is 12.8. The zero-order valence-electron chi connectivity index (χ0n) is 23.8. The molecule has 0 aromatic carbocycles. The zero-order chi connectivity index (χ0) is 32.1. The van der Waals surface area contributed by atoms with Crippen LogP contribution in [0.4, 0.5) is 0 Å². The van der Waals surface area contributed by atoms with Gasteiger partial charge in [-0.15, -0.1) is 0 Å². The second-order valence-corrected chi connectivity index (χ2v) is 11.0. The van der Waals surface area contributed by atoms with Crippen molar-refractivity contribution in [3.63, 3.8) is 0 Å². The molecular weight excluding hydrogens is 556 g/mol. The van der Waals surface area contributed by atoms with Gasteiger partial charge >= 0.3 is 30.0 Å². The highest BCUT2D eigenvalue weighted by Crippen LogP contribution is 2.28. The van der Waals surface area contributed by atoms with Crippen LogP contribution in [0.15, 0.2) is 0 Å². The first-order valence-corrected chi connectivity index (χ1v) is 12.9. The lowest BCUT2D eigenvalue weighted by atomic mass is 9.99. The van der Waals surface area contributed by atoms with Crippen molar-refractivity contribution in [2.75, 3.05) is 26.4 Å². The second-order valence-electron chi connectivity index (χ2n) is 11.0. The molecule has 0 aliphatic carbocycles. The molecule has 0 aromatic rings. The monoisotopic (exact) mass is 600 g/mol. The molecular formula is C25H44O16. The third-order valence-corrected chi connectivity index (χ3v) is 5.66. The van der Waals surface area contributed by atoms with Crippen LogP contribution in [-0.2, 0) is 38.1 Å². The molecule has 0 unspecified atom stereocenters. The van der Waals surface area contributed by atoms with E-state index in [1.807, 2.05) is 0 Å². The van der Waals surface area contributed by atoms with E-state index in [4.69, 9.17) is 39.4 Å². The van der Waals surface area contributed by atoms with Crippen LogP contribution in [0.2, 0.25) is 0 Å². The molecule has 16 heteroatoms. The Bertz CT molecular complexity index is 722. The summed E-state index contributed by atoms with van der Waals surface area (Å²) in [5, 5.41) is 77.7. The summed E-state index contributed by atoms with van der Waals surface area (Å²) < 4.78 is 19.8. The number of hydrogen-bond acceptors (Lipinski definition) is 16. The standard InChI is InChI=1S/C25H44O16/c1-21(34,5-9-26)13-17(30)38-25(39-18(31)14-22(2,35)6-10-27,40-19(32)15-23(3,36)7-11-28)41-20(33)16-24(4,37)8-12-29/h26-29,34-37H,5-16H2,1-4H3/t21-,22-,23-,24-/m1/s1. The van der Waals surface area contributed by atoms with E-state index in [0.717, 1.165) is 27.7 Å². The Morgan fingerprint density at radius 3 is 0.756 bits per heavy atom. The predicted molar refractivity (Wildman–Crippen MR) is 135 cm³/mol. The van der Waals surface area contributed by atoms with Gasteiger partial charge in [0.2, 0.25) is 0 Å². The minimum absolute atomic E-state index is 0.327. The van der Waals surface area contributed by atoms with Crippen molar-refractivity contribution in [1.29, 1.82) is 0 Å². The molecule has 4 atom stereocenters. The van der Waals surface area contributed by atoms with E-state index in [1.165, 1.54) is 0 Å². The van der Waals surface area contributed by atoms with Crippen LogP contribution in [0.3, 0.4) is 0 Å². The number of ether oxygens (including phenoxy) is 4. The molecule has 0 bridgehead atoms. The van der Waals surface area contributed by atoms with Gasteiger partial charge in [0.05, 0.1) is 48.1 Å². The molecule has 41 heavy (non-hydrogen) atoms. The molecule has 0 heterocycles. The third-order valence-electron chi connectivity index (χ3n) is 5.66. The minimum atomic E-state index is -3.64. The van der Waals surface area contributed by atoms with E-state index in [-0.39, 0.29) is 25.7 Å². The molecule has 0 aliphatic heterocycles. The summed E-state index contributed by atoms with van der Waals surface area (Å²) in [6, 6.07) is 0. The number of aliphatic hydroxyl groups excluding tert-OH is 4. The van der Waals surface area contributed by atoms with E-state index in [0.29, 0.717) is 0 Å². The number of rotatable bonds is 20. The number of carbonyl (C=O) groups is 4. The van der Waals surface area contributed by atoms with Gasteiger partial charge in [0, 0.05) is 26.4 Å². The van der Waals surface area contributed by atoms with Crippen LogP contribution in [0.5, 0.6) is 0 Å². The Kier molecular flexibility index (Phi) is 15.3. The van der Waals surface area contributed by atoms with E-state index in [2.05, 4.69) is 0 Å². The van der Waals surface area contributed by atoms with Crippen LogP contribution in [0, 0.1) is 0 Å². The lowest BCUT2D eigenvalue weighted by Crippen LogP contribution is -2.51. The molecule has 0 amide bonds. The van der Waals surface area contributed by atoms with E-state index in [9.17, 15) is 39.6 Å². The quantitative estimate of drug-likeness (QED) is 0.0547. The molecule has 0 radical (unpaired) electrons. The van der Waals surface area contributed by atoms with Crippen LogP contribution in [0.1, 0.15) is 79.1 Å². The highest BCUT2D eigenvalue weighted by Gasteiger charge is 2.52. The molecule has 8 N–H and O–H groups in total. The molecule has 0 fully saturated rings. The molecule has 0 rings (SSSR count). The Hall–Kier alpha value is -2.44. The van der Waals surface area contributed by atoms with Gasteiger partial charge in [-0.05, 0) is 53.4 Å². The molecule has 0 aliphatic rings. The van der Waals surface area contributed by atoms with E-state index < -0.39 is 105 Å². The lowest BCUT2D eigenvalue weighted by Gasteiger charge is -2.32. The van der Waals surface area contributed by atoms with Crippen molar-refractivity contribution in [3.05, 3.63) is 0 Å². The topological polar surface area (TPSA) is 267 Å². The van der Waals surface area contributed by atoms with Gasteiger partial charge in [-0.2, -0.15) is 0 Å². The van der Waals surface area contributed by atoms with Gasteiger partial charge in [-0.3, -0.25) is 19.2 Å². The van der Waals surface area contributed by atoms with Gasteiger partial charge in [0.15, 0.2) is 0 Å². The Labute approximate surface area is 237 Å². The fourth-order valence-electron chi connectivity index (χ4n) is 3.39. The van der Waals surface area contributed by atoms with Crippen molar-refractivity contribution in [2.45, 2.75) is 108 Å². The summed E-state index contributed by atoms with van der Waals surface area (Å²) in [6.45, 7) is 2.35. The van der Waals surface area contributed by atoms with Gasteiger partial charge in [-0.25, -0.2) is 0 Å². The molecule has 0 spiro atoms. The van der Waals surface area contributed by atoms with Gasteiger partial charge < -0.3 is 59.8 Å². The van der Waals surface area contributed by atoms with E-state index >= 15 is 0 Å². The normalized spacial score (nSPS) is 17.7. The maximum absolute atomic E-state index is 12.8. The number of aliphatic hydroxyl groups is 8. The Morgan fingerprint density at radius 2 is 0.610 bits per heavy atom. The average molecular weight is 601 g/mol. The summed E-state index contributed by atoms with van der Waals surface area (Å²) in [5.41, 5.74) is -7.57. The predicted octanol–water partition coefficient (Wildman–Crippen LogP) is -2.14. The number of hydrogen-bond donors (Lipinski definition) is 8. The van der Waals surface area contributed by atoms with Crippen LogP contribution in [-0.4, -0.2) is 120 Å².